The van der Waals surface area contributed by atoms with Crippen molar-refractivity contribution >= 4 is 15.9 Å². The zero-order valence-corrected chi connectivity index (χ0v) is 14.4. The molecule has 0 heterocycles. The molecule has 1 aromatic rings. The fraction of sp³-hybridized carbons (Fsp3) is 0.625. The first-order valence-corrected chi connectivity index (χ1v) is 8.10. The molecular weight excluding hydrogens is 336 g/mol. The summed E-state index contributed by atoms with van der Waals surface area (Å²) in [5.74, 6) is 1.85. The van der Waals surface area contributed by atoms with Gasteiger partial charge in [-0.2, -0.15) is 0 Å². The third-order valence-corrected chi connectivity index (χ3v) is 4.78. The van der Waals surface area contributed by atoms with E-state index in [-0.39, 0.29) is 0 Å². The number of aliphatic hydroxyl groups is 1. The third kappa shape index (κ3) is 3.71. The molecule has 1 aliphatic carbocycles. The van der Waals surface area contributed by atoms with Gasteiger partial charge in [0, 0.05) is 12.2 Å². The van der Waals surface area contributed by atoms with Crippen molar-refractivity contribution < 1.29 is 19.3 Å². The van der Waals surface area contributed by atoms with E-state index < -0.39 is 6.10 Å². The largest absolute Gasteiger partial charge is 0.495 e. The van der Waals surface area contributed by atoms with Gasteiger partial charge in [0.05, 0.1) is 26.4 Å². The van der Waals surface area contributed by atoms with Crippen LogP contribution in [0.2, 0.25) is 0 Å². The van der Waals surface area contributed by atoms with Gasteiger partial charge in [0.2, 0.25) is 0 Å². The highest BCUT2D eigenvalue weighted by molar-refractivity contribution is 9.10. The fourth-order valence-corrected chi connectivity index (χ4v) is 3.55. The molecule has 2 rings (SSSR count). The summed E-state index contributed by atoms with van der Waals surface area (Å²) in [4.78, 5) is 0. The molecule has 0 bridgehead atoms. The van der Waals surface area contributed by atoms with E-state index >= 15 is 0 Å². The van der Waals surface area contributed by atoms with Crippen molar-refractivity contribution in [3.05, 3.63) is 22.2 Å². The highest BCUT2D eigenvalue weighted by atomic mass is 79.9. The van der Waals surface area contributed by atoms with E-state index in [2.05, 4.69) is 15.9 Å². The third-order valence-electron chi connectivity index (χ3n) is 4.03. The molecule has 0 aliphatic heterocycles. The van der Waals surface area contributed by atoms with Gasteiger partial charge in [-0.15, -0.1) is 0 Å². The van der Waals surface area contributed by atoms with E-state index in [1.165, 1.54) is 0 Å². The number of methoxy groups -OCH3 is 2. The van der Waals surface area contributed by atoms with Crippen LogP contribution in [0.25, 0.3) is 0 Å². The second-order valence-corrected chi connectivity index (χ2v) is 6.16. The molecule has 5 heteroatoms. The topological polar surface area (TPSA) is 47.9 Å². The quantitative estimate of drug-likeness (QED) is 0.806. The van der Waals surface area contributed by atoms with Crippen molar-refractivity contribution in [1.29, 1.82) is 0 Å². The van der Waals surface area contributed by atoms with Crippen LogP contribution >= 0.6 is 15.9 Å². The molecule has 1 unspecified atom stereocenters. The van der Waals surface area contributed by atoms with Crippen LogP contribution in [0.5, 0.6) is 11.5 Å². The number of benzene rings is 1. The lowest BCUT2D eigenvalue weighted by Gasteiger charge is -2.36. The van der Waals surface area contributed by atoms with Crippen LogP contribution in [0.4, 0.5) is 0 Å². The van der Waals surface area contributed by atoms with Crippen LogP contribution in [0, 0.1) is 5.92 Å². The Hall–Kier alpha value is -0.780. The SMILES string of the molecule is CCOC1CC(CC(O)c2ccc(OC)c(Br)c2OC)C1. The average Bonchev–Trinajstić information content (AvgIpc) is 2.44. The minimum absolute atomic E-state index is 0.372. The first kappa shape index (κ1) is 16.6. The lowest BCUT2D eigenvalue weighted by Crippen LogP contribution is -2.32. The smallest absolute Gasteiger partial charge is 0.142 e. The van der Waals surface area contributed by atoms with Gasteiger partial charge in [-0.25, -0.2) is 0 Å². The van der Waals surface area contributed by atoms with Crippen LogP contribution in [-0.2, 0) is 4.74 Å². The number of hydrogen-bond acceptors (Lipinski definition) is 4. The maximum absolute atomic E-state index is 10.5. The van der Waals surface area contributed by atoms with Gasteiger partial charge in [0.15, 0.2) is 0 Å². The molecule has 4 nitrogen and oxygen atoms in total. The summed E-state index contributed by atoms with van der Waals surface area (Å²) in [6.45, 7) is 2.78. The normalized spacial score (nSPS) is 22.5. The van der Waals surface area contributed by atoms with E-state index in [0.717, 1.165) is 35.9 Å². The zero-order valence-electron chi connectivity index (χ0n) is 12.8. The number of rotatable bonds is 7. The molecule has 21 heavy (non-hydrogen) atoms. The Balaban J connectivity index is 2.03. The number of aliphatic hydroxyl groups excluding tert-OH is 1. The molecule has 1 N–H and O–H groups in total. The average molecular weight is 359 g/mol. The molecular formula is C16H23BrO4. The molecule has 1 fully saturated rings. The number of ether oxygens (including phenoxy) is 3. The molecule has 0 aromatic heterocycles. The molecule has 0 saturated heterocycles. The molecule has 0 amide bonds. The molecule has 0 spiro atoms. The van der Waals surface area contributed by atoms with Gasteiger partial charge in [0.1, 0.15) is 16.0 Å². The Morgan fingerprint density at radius 1 is 1.29 bits per heavy atom. The second-order valence-electron chi connectivity index (χ2n) is 5.37. The summed E-state index contributed by atoms with van der Waals surface area (Å²) in [5.41, 5.74) is 0.796. The highest BCUT2D eigenvalue weighted by Crippen LogP contribution is 2.43. The van der Waals surface area contributed by atoms with E-state index in [1.54, 1.807) is 14.2 Å². The van der Waals surface area contributed by atoms with E-state index in [1.807, 2.05) is 19.1 Å². The van der Waals surface area contributed by atoms with Crippen molar-refractivity contribution in [3.63, 3.8) is 0 Å². The van der Waals surface area contributed by atoms with Crippen molar-refractivity contribution in [1.82, 2.24) is 0 Å². The van der Waals surface area contributed by atoms with Crippen molar-refractivity contribution in [2.24, 2.45) is 5.92 Å². The zero-order chi connectivity index (χ0) is 15.4. The van der Waals surface area contributed by atoms with Gasteiger partial charge in [-0.05, 0) is 60.2 Å². The van der Waals surface area contributed by atoms with Crippen LogP contribution < -0.4 is 9.47 Å². The molecule has 1 aromatic carbocycles. The molecule has 1 aliphatic rings. The minimum atomic E-state index is -0.533. The van der Waals surface area contributed by atoms with E-state index in [4.69, 9.17) is 14.2 Å². The fourth-order valence-electron chi connectivity index (χ4n) is 2.86. The molecule has 118 valence electrons. The summed E-state index contributed by atoms with van der Waals surface area (Å²) in [6.07, 6.45) is 2.64. The Morgan fingerprint density at radius 3 is 2.57 bits per heavy atom. The second kappa shape index (κ2) is 7.47. The van der Waals surface area contributed by atoms with E-state index in [0.29, 0.717) is 23.5 Å². The van der Waals surface area contributed by atoms with Crippen molar-refractivity contribution in [3.8, 4) is 11.5 Å². The van der Waals surface area contributed by atoms with Crippen LogP contribution in [0.1, 0.15) is 37.9 Å². The van der Waals surface area contributed by atoms with Crippen LogP contribution in [0.3, 0.4) is 0 Å². The summed E-state index contributed by atoms with van der Waals surface area (Å²) in [7, 11) is 3.21. The first-order chi connectivity index (χ1) is 10.1. The lowest BCUT2D eigenvalue weighted by molar-refractivity contribution is -0.0381. The Labute approximate surface area is 134 Å². The predicted molar refractivity (Wildman–Crippen MR) is 85.0 cm³/mol. The van der Waals surface area contributed by atoms with E-state index in [9.17, 15) is 5.11 Å². The van der Waals surface area contributed by atoms with Gasteiger partial charge in [-0.1, -0.05) is 0 Å². The molecule has 1 saturated carbocycles. The van der Waals surface area contributed by atoms with Gasteiger partial charge in [0.25, 0.3) is 0 Å². The Morgan fingerprint density at radius 2 is 2.00 bits per heavy atom. The van der Waals surface area contributed by atoms with Crippen LogP contribution in [-0.4, -0.2) is 32.0 Å². The van der Waals surface area contributed by atoms with Crippen molar-refractivity contribution in [2.75, 3.05) is 20.8 Å². The minimum Gasteiger partial charge on any atom is -0.495 e. The standard InChI is InChI=1S/C16H23BrO4/c1-4-21-11-7-10(8-11)9-13(18)12-5-6-14(19-2)15(17)16(12)20-3/h5-6,10-11,13,18H,4,7-9H2,1-3H3. The lowest BCUT2D eigenvalue weighted by atomic mass is 9.78. The number of halogens is 1. The Kier molecular flexibility index (Phi) is 5.90. The highest BCUT2D eigenvalue weighted by Gasteiger charge is 2.32. The van der Waals surface area contributed by atoms with Crippen molar-refractivity contribution in [2.45, 2.75) is 38.4 Å². The van der Waals surface area contributed by atoms with Crippen LogP contribution in [0.15, 0.2) is 16.6 Å². The van der Waals surface area contributed by atoms with Gasteiger partial charge < -0.3 is 19.3 Å². The molecule has 0 radical (unpaired) electrons. The summed E-state index contributed by atoms with van der Waals surface area (Å²) >= 11 is 3.47. The summed E-state index contributed by atoms with van der Waals surface area (Å²) in [6, 6.07) is 3.71. The first-order valence-electron chi connectivity index (χ1n) is 7.30. The summed E-state index contributed by atoms with van der Waals surface area (Å²) in [5, 5.41) is 10.5. The molecule has 1 atom stereocenters. The number of hydrogen-bond donors (Lipinski definition) is 1. The maximum Gasteiger partial charge on any atom is 0.142 e. The summed E-state index contributed by atoms with van der Waals surface area (Å²) < 4.78 is 17.0. The monoisotopic (exact) mass is 358 g/mol. The van der Waals surface area contributed by atoms with Gasteiger partial charge >= 0.3 is 0 Å². The predicted octanol–water partition coefficient (Wildman–Crippen LogP) is 3.70. The maximum atomic E-state index is 10.5. The van der Waals surface area contributed by atoms with Gasteiger partial charge in [-0.3, -0.25) is 0 Å². The Bertz CT molecular complexity index is 472.